The Hall–Kier alpha value is -1.81. The third-order valence-electron chi connectivity index (χ3n) is 7.69. The van der Waals surface area contributed by atoms with Crippen LogP contribution in [0.25, 0.3) is 0 Å². The van der Waals surface area contributed by atoms with Crippen LogP contribution in [0, 0.1) is 11.7 Å². The highest BCUT2D eigenvalue weighted by Gasteiger charge is 2.38. The van der Waals surface area contributed by atoms with E-state index < -0.39 is 0 Å². The minimum Gasteiger partial charge on any atom is -0.492 e. The molecular weight excluding hydrogens is 515 g/mol. The first-order valence-electron chi connectivity index (χ1n) is 13.2. The molecule has 2 saturated heterocycles. The molecule has 3 aliphatic rings. The molecule has 2 atom stereocenters. The highest BCUT2D eigenvalue weighted by molar-refractivity contribution is 7.97. The molecule has 2 aromatic rings. The molecule has 1 aromatic carbocycles. The lowest BCUT2D eigenvalue weighted by molar-refractivity contribution is 0.0595. The summed E-state index contributed by atoms with van der Waals surface area (Å²) in [7, 11) is 1.51. The minimum atomic E-state index is -0.308. The van der Waals surface area contributed by atoms with Crippen LogP contribution in [0.1, 0.15) is 69.9 Å². The van der Waals surface area contributed by atoms with Crippen LogP contribution >= 0.6 is 23.5 Å². The van der Waals surface area contributed by atoms with Gasteiger partial charge in [-0.25, -0.2) is 13.4 Å². The topological polar surface area (TPSA) is 68.6 Å². The van der Waals surface area contributed by atoms with Gasteiger partial charge in [-0.15, -0.1) is 0 Å². The lowest BCUT2D eigenvalue weighted by atomic mass is 9.89. The second-order valence-electron chi connectivity index (χ2n) is 11.0. The van der Waals surface area contributed by atoms with E-state index >= 15 is 0 Å². The van der Waals surface area contributed by atoms with Crippen LogP contribution in [-0.2, 0) is 4.74 Å². The number of anilines is 1. The zero-order valence-corrected chi connectivity index (χ0v) is 23.3. The van der Waals surface area contributed by atoms with Gasteiger partial charge >= 0.3 is 0 Å². The van der Waals surface area contributed by atoms with Gasteiger partial charge in [0.1, 0.15) is 5.02 Å². The molecular formula is C27H36ClFN4O3S. The van der Waals surface area contributed by atoms with Gasteiger partial charge in [0.05, 0.1) is 36.5 Å². The van der Waals surface area contributed by atoms with Crippen LogP contribution in [-0.4, -0.2) is 53.0 Å². The number of rotatable bonds is 8. The first-order chi connectivity index (χ1) is 17.8. The number of aromatic nitrogens is 2. The van der Waals surface area contributed by atoms with E-state index in [0.717, 1.165) is 55.8 Å². The molecule has 202 valence electrons. The van der Waals surface area contributed by atoms with Crippen molar-refractivity contribution in [2.24, 2.45) is 5.92 Å². The van der Waals surface area contributed by atoms with Crippen LogP contribution in [0.15, 0.2) is 28.0 Å². The second-order valence-corrected chi connectivity index (χ2v) is 12.5. The Morgan fingerprint density at radius 1 is 1.30 bits per heavy atom. The van der Waals surface area contributed by atoms with Crippen LogP contribution < -0.4 is 15.6 Å². The minimum absolute atomic E-state index is 0.0749. The quantitative estimate of drug-likeness (QED) is 0.411. The lowest BCUT2D eigenvalue weighted by Crippen LogP contribution is -2.48. The van der Waals surface area contributed by atoms with Crippen LogP contribution in [0.5, 0.6) is 5.75 Å². The maximum atomic E-state index is 14.8. The van der Waals surface area contributed by atoms with E-state index in [1.165, 1.54) is 23.7 Å². The SMILES string of the molecule is COc1c(F)cc(C2CC2)cc1SN1CCC(n2ncc(NCC3CCCOC3)c(Cl)c2=O)CC1(C)C. The standard InChI is InChI=1S/C27H36ClFN4O3S/c1-27(2)13-20(33-26(34)24(28)22(15-31-33)30-14-17-5-4-10-36-16-17)8-9-32(27)37-23-12-19(18-6-7-18)11-21(29)25(23)35-3/h11-12,15,17-18,20,30H,4-10,13-14,16H2,1-3H3. The van der Waals surface area contributed by atoms with Gasteiger partial charge in [0, 0.05) is 25.2 Å². The lowest BCUT2D eigenvalue weighted by Gasteiger charge is -2.44. The molecule has 3 fully saturated rings. The van der Waals surface area contributed by atoms with E-state index in [1.54, 1.807) is 12.3 Å². The molecule has 0 bridgehead atoms. The number of benzene rings is 1. The van der Waals surface area contributed by atoms with Crippen molar-refractivity contribution < 1.29 is 13.9 Å². The molecule has 3 heterocycles. The first kappa shape index (κ1) is 26.8. The van der Waals surface area contributed by atoms with Gasteiger partial charge in [0.2, 0.25) is 0 Å². The number of halogens is 2. The summed E-state index contributed by atoms with van der Waals surface area (Å²) in [6, 6.07) is 3.61. The maximum Gasteiger partial charge on any atom is 0.287 e. The van der Waals surface area contributed by atoms with Gasteiger partial charge < -0.3 is 14.8 Å². The predicted molar refractivity (Wildman–Crippen MR) is 145 cm³/mol. The molecule has 1 aromatic heterocycles. The second kappa shape index (κ2) is 11.1. The number of hydrogen-bond acceptors (Lipinski definition) is 7. The fraction of sp³-hybridized carbons (Fsp3) is 0.630. The summed E-state index contributed by atoms with van der Waals surface area (Å²) in [5, 5.41) is 7.98. The van der Waals surface area contributed by atoms with Crippen LogP contribution in [0.3, 0.4) is 0 Å². The molecule has 37 heavy (non-hydrogen) atoms. The van der Waals surface area contributed by atoms with Gasteiger partial charge in [-0.1, -0.05) is 11.6 Å². The summed E-state index contributed by atoms with van der Waals surface area (Å²) in [5.41, 5.74) is 1.08. The Bertz CT molecular complexity index is 1180. The van der Waals surface area contributed by atoms with Crippen LogP contribution in [0.2, 0.25) is 5.02 Å². The zero-order chi connectivity index (χ0) is 26.2. The van der Waals surface area contributed by atoms with E-state index in [1.807, 2.05) is 0 Å². The molecule has 5 rings (SSSR count). The Labute approximate surface area is 227 Å². The first-order valence-corrected chi connectivity index (χ1v) is 14.3. The number of hydrogen-bond donors (Lipinski definition) is 1. The average Bonchev–Trinajstić information content (AvgIpc) is 3.72. The van der Waals surface area contributed by atoms with Crippen molar-refractivity contribution in [2.45, 2.75) is 74.8 Å². The Kier molecular flexibility index (Phi) is 8.05. The molecule has 0 spiro atoms. The highest BCUT2D eigenvalue weighted by atomic mass is 35.5. The molecule has 0 radical (unpaired) electrons. The van der Waals surface area contributed by atoms with Crippen molar-refractivity contribution in [1.29, 1.82) is 0 Å². The summed E-state index contributed by atoms with van der Waals surface area (Å²) in [4.78, 5) is 14.0. The van der Waals surface area contributed by atoms with Gasteiger partial charge in [0.25, 0.3) is 5.56 Å². The highest BCUT2D eigenvalue weighted by Crippen LogP contribution is 2.47. The van der Waals surface area contributed by atoms with E-state index in [-0.39, 0.29) is 28.0 Å². The predicted octanol–water partition coefficient (Wildman–Crippen LogP) is 5.88. The Balaban J connectivity index is 1.28. The fourth-order valence-corrected chi connectivity index (χ4v) is 6.81. The number of nitrogens with zero attached hydrogens (tertiary/aromatic N) is 3. The summed E-state index contributed by atoms with van der Waals surface area (Å²) >= 11 is 8.04. The van der Waals surface area contributed by atoms with Crippen molar-refractivity contribution in [1.82, 2.24) is 14.1 Å². The molecule has 1 N–H and O–H groups in total. The number of nitrogens with one attached hydrogen (secondary N) is 1. The Morgan fingerprint density at radius 2 is 2.11 bits per heavy atom. The van der Waals surface area contributed by atoms with Crippen LogP contribution in [0.4, 0.5) is 10.1 Å². The van der Waals surface area contributed by atoms with E-state index in [2.05, 4.69) is 34.6 Å². The monoisotopic (exact) mass is 550 g/mol. The average molecular weight is 551 g/mol. The van der Waals surface area contributed by atoms with Gasteiger partial charge in [-0.2, -0.15) is 5.10 Å². The maximum absolute atomic E-state index is 14.8. The summed E-state index contributed by atoms with van der Waals surface area (Å²) in [6.07, 6.45) is 7.49. The molecule has 2 aliphatic heterocycles. The molecule has 7 nitrogen and oxygen atoms in total. The summed E-state index contributed by atoms with van der Waals surface area (Å²) in [6.45, 7) is 7.26. The molecule has 10 heteroatoms. The number of piperidine rings is 1. The number of methoxy groups -OCH3 is 1. The van der Waals surface area contributed by atoms with Gasteiger partial charge in [0.15, 0.2) is 11.6 Å². The largest absolute Gasteiger partial charge is 0.492 e. The Morgan fingerprint density at radius 3 is 2.78 bits per heavy atom. The number of ether oxygens (including phenoxy) is 2. The molecule has 0 amide bonds. The zero-order valence-electron chi connectivity index (χ0n) is 21.8. The van der Waals surface area contributed by atoms with E-state index in [0.29, 0.717) is 42.8 Å². The molecule has 1 aliphatic carbocycles. The van der Waals surface area contributed by atoms with E-state index in [9.17, 15) is 9.18 Å². The summed E-state index contributed by atoms with van der Waals surface area (Å²) < 4.78 is 29.5. The smallest absolute Gasteiger partial charge is 0.287 e. The summed E-state index contributed by atoms with van der Waals surface area (Å²) in [5.74, 6) is 0.846. The van der Waals surface area contributed by atoms with Crippen molar-refractivity contribution >= 4 is 29.2 Å². The van der Waals surface area contributed by atoms with Crippen molar-refractivity contribution in [3.8, 4) is 5.75 Å². The van der Waals surface area contributed by atoms with Crippen molar-refractivity contribution in [3.05, 3.63) is 45.1 Å². The third-order valence-corrected chi connectivity index (χ3v) is 9.46. The fourth-order valence-electron chi connectivity index (χ4n) is 5.40. The van der Waals surface area contributed by atoms with Gasteiger partial charge in [-0.3, -0.25) is 4.79 Å². The van der Waals surface area contributed by atoms with Crippen molar-refractivity contribution in [3.63, 3.8) is 0 Å². The van der Waals surface area contributed by atoms with Crippen molar-refractivity contribution in [2.75, 3.05) is 38.7 Å². The molecule has 1 saturated carbocycles. The third kappa shape index (κ3) is 5.95. The van der Waals surface area contributed by atoms with E-state index in [4.69, 9.17) is 21.1 Å². The van der Waals surface area contributed by atoms with Gasteiger partial charge in [-0.05, 0) is 93.9 Å². The normalized spacial score (nSPS) is 24.1. The molecule has 2 unspecified atom stereocenters.